The summed E-state index contributed by atoms with van der Waals surface area (Å²) in [6.45, 7) is 0.463. The first-order valence-electron chi connectivity index (χ1n) is 9.84. The van der Waals surface area contributed by atoms with E-state index in [0.29, 0.717) is 12.1 Å². The lowest BCUT2D eigenvalue weighted by Gasteiger charge is -2.15. The van der Waals surface area contributed by atoms with Gasteiger partial charge in [0.2, 0.25) is 0 Å². The summed E-state index contributed by atoms with van der Waals surface area (Å²) in [5.41, 5.74) is 6.28. The van der Waals surface area contributed by atoms with Gasteiger partial charge in [0.1, 0.15) is 15.7 Å². The minimum atomic E-state index is -3.70. The third-order valence-electron chi connectivity index (χ3n) is 5.62. The number of aryl methyl sites for hydroxylation is 2. The maximum absolute atomic E-state index is 14.4. The van der Waals surface area contributed by atoms with E-state index in [1.807, 2.05) is 0 Å². The summed E-state index contributed by atoms with van der Waals surface area (Å²) in [5.74, 6) is -0.733. The number of nitrogens with zero attached hydrogens (tertiary/aromatic N) is 1. The Balaban J connectivity index is 1.65. The molecule has 4 N–H and O–H groups in total. The van der Waals surface area contributed by atoms with Crippen molar-refractivity contribution < 1.29 is 13.4 Å². The zero-order valence-electron chi connectivity index (χ0n) is 16.4. The Morgan fingerprint density at radius 1 is 1.14 bits per heavy atom. The number of anilines is 1. The maximum Gasteiger partial charge on any atom is 0.354 e. The number of carbonyl (C=O) groups excluding carboxylic acids is 1. The number of hydrogen-bond acceptors (Lipinski definition) is 3. The molecule has 4 rings (SSSR count). The number of urea groups is 1. The first-order valence-corrected chi connectivity index (χ1v) is 11.4. The molecule has 154 valence electrons. The summed E-state index contributed by atoms with van der Waals surface area (Å²) >= 11 is 0. The van der Waals surface area contributed by atoms with Crippen molar-refractivity contribution >= 4 is 21.6 Å². The molecule has 0 unspecified atom stereocenters. The van der Waals surface area contributed by atoms with Crippen LogP contribution in [-0.4, -0.2) is 17.3 Å². The molecule has 0 aromatic heterocycles. The van der Waals surface area contributed by atoms with Crippen LogP contribution in [0.25, 0.3) is 0 Å². The largest absolute Gasteiger partial charge is 0.354 e. The SMILES string of the molecule is CNCc1ccc([S@](N)(=O)=NC(=O)Nc2c3c(cc4c2CCC4)CCC3)c(F)c1. The van der Waals surface area contributed by atoms with E-state index in [1.54, 1.807) is 13.1 Å². The molecule has 0 radical (unpaired) electrons. The van der Waals surface area contributed by atoms with Gasteiger partial charge in [-0.2, -0.15) is 0 Å². The van der Waals surface area contributed by atoms with Gasteiger partial charge in [0.05, 0.1) is 4.90 Å². The van der Waals surface area contributed by atoms with Crippen LogP contribution in [0.4, 0.5) is 14.9 Å². The van der Waals surface area contributed by atoms with Crippen LogP contribution in [0, 0.1) is 5.82 Å². The van der Waals surface area contributed by atoms with E-state index >= 15 is 0 Å². The maximum atomic E-state index is 14.4. The summed E-state index contributed by atoms with van der Waals surface area (Å²) < 4.78 is 30.9. The van der Waals surface area contributed by atoms with Gasteiger partial charge in [0.25, 0.3) is 0 Å². The van der Waals surface area contributed by atoms with Gasteiger partial charge in [-0.05, 0) is 85.5 Å². The van der Waals surface area contributed by atoms with Gasteiger partial charge in [0.15, 0.2) is 0 Å². The Hall–Kier alpha value is -2.29. The van der Waals surface area contributed by atoms with E-state index in [9.17, 15) is 13.4 Å². The van der Waals surface area contributed by atoms with Gasteiger partial charge in [-0.1, -0.05) is 12.1 Å². The van der Waals surface area contributed by atoms with Crippen LogP contribution in [0.5, 0.6) is 0 Å². The number of carbonyl (C=O) groups is 1. The standard InChI is InChI=1S/C21H25FN4O2S/c1-24-12-13-8-9-19(18(22)10-13)29(23,28)26-21(27)25-20-16-6-2-4-14(16)11-15-5-3-7-17(15)20/h8-11,24H,2-7,12H2,1H3,(H3,23,25,26,27,28)/t29-/m1/s1. The van der Waals surface area contributed by atoms with Crippen LogP contribution in [-0.2, 0) is 42.1 Å². The van der Waals surface area contributed by atoms with Crippen molar-refractivity contribution in [1.29, 1.82) is 0 Å². The highest BCUT2D eigenvalue weighted by Crippen LogP contribution is 2.38. The lowest BCUT2D eigenvalue weighted by molar-refractivity contribution is 0.260. The van der Waals surface area contributed by atoms with Crippen LogP contribution >= 0.6 is 0 Å². The van der Waals surface area contributed by atoms with Crippen LogP contribution in [0.3, 0.4) is 0 Å². The highest BCUT2D eigenvalue weighted by atomic mass is 32.2. The molecule has 2 aromatic rings. The van der Waals surface area contributed by atoms with Gasteiger partial charge in [-0.15, -0.1) is 4.36 Å². The first-order chi connectivity index (χ1) is 13.9. The predicted molar refractivity (Wildman–Crippen MR) is 112 cm³/mol. The molecule has 0 bridgehead atoms. The average Bonchev–Trinajstić information content (AvgIpc) is 3.30. The molecule has 0 saturated heterocycles. The van der Waals surface area contributed by atoms with E-state index < -0.39 is 21.8 Å². The van der Waals surface area contributed by atoms with Gasteiger partial charge < -0.3 is 10.6 Å². The Labute approximate surface area is 170 Å². The summed E-state index contributed by atoms with van der Waals surface area (Å²) in [7, 11) is -1.96. The molecule has 2 aliphatic carbocycles. The zero-order valence-corrected chi connectivity index (χ0v) is 17.2. The Kier molecular flexibility index (Phi) is 5.42. The van der Waals surface area contributed by atoms with Crippen LogP contribution in [0.15, 0.2) is 33.5 Å². The number of nitrogens with one attached hydrogen (secondary N) is 2. The lowest BCUT2D eigenvalue weighted by atomic mass is 9.99. The minimum absolute atomic E-state index is 0.268. The monoisotopic (exact) mass is 416 g/mol. The Morgan fingerprint density at radius 3 is 2.38 bits per heavy atom. The van der Waals surface area contributed by atoms with Gasteiger partial charge in [-0.25, -0.2) is 18.5 Å². The molecular formula is C21H25FN4O2S. The minimum Gasteiger partial charge on any atom is -0.316 e. The van der Waals surface area contributed by atoms with E-state index in [2.05, 4.69) is 21.1 Å². The smallest absolute Gasteiger partial charge is 0.316 e. The molecule has 2 aliphatic rings. The molecule has 0 fully saturated rings. The van der Waals surface area contributed by atoms with E-state index in [-0.39, 0.29) is 4.90 Å². The van der Waals surface area contributed by atoms with Crippen LogP contribution < -0.4 is 15.8 Å². The van der Waals surface area contributed by atoms with Crippen molar-refractivity contribution in [2.75, 3.05) is 12.4 Å². The predicted octanol–water partition coefficient (Wildman–Crippen LogP) is 3.46. The van der Waals surface area contributed by atoms with Gasteiger partial charge >= 0.3 is 6.03 Å². The summed E-state index contributed by atoms with van der Waals surface area (Å²) in [4.78, 5) is 12.3. The van der Waals surface area contributed by atoms with Gasteiger partial charge in [-0.3, -0.25) is 0 Å². The van der Waals surface area contributed by atoms with Crippen molar-refractivity contribution in [2.24, 2.45) is 9.50 Å². The summed E-state index contributed by atoms with van der Waals surface area (Å²) in [5, 5.41) is 11.5. The first kappa shape index (κ1) is 20.0. The third-order valence-corrected chi connectivity index (χ3v) is 7.01. The molecule has 0 spiro atoms. The second-order valence-electron chi connectivity index (χ2n) is 7.62. The molecule has 2 amide bonds. The molecule has 2 aromatic carbocycles. The topological polar surface area (TPSA) is 96.6 Å². The highest BCUT2D eigenvalue weighted by molar-refractivity contribution is 7.91. The number of benzene rings is 2. The molecule has 8 heteroatoms. The second-order valence-corrected chi connectivity index (χ2v) is 9.38. The lowest BCUT2D eigenvalue weighted by Crippen LogP contribution is -2.20. The van der Waals surface area contributed by atoms with Crippen molar-refractivity contribution in [3.05, 3.63) is 57.9 Å². The third kappa shape index (κ3) is 3.92. The fourth-order valence-corrected chi connectivity index (χ4v) is 5.36. The van der Waals surface area contributed by atoms with E-state index in [1.165, 1.54) is 23.3 Å². The molecule has 1 atom stereocenters. The normalized spacial score (nSPS) is 16.8. The number of halogens is 1. The summed E-state index contributed by atoms with van der Waals surface area (Å²) in [6, 6.07) is 5.66. The molecule has 29 heavy (non-hydrogen) atoms. The zero-order chi connectivity index (χ0) is 20.6. The van der Waals surface area contributed by atoms with E-state index in [4.69, 9.17) is 5.14 Å². The van der Waals surface area contributed by atoms with Crippen molar-refractivity contribution in [3.63, 3.8) is 0 Å². The van der Waals surface area contributed by atoms with Crippen molar-refractivity contribution in [1.82, 2.24) is 5.32 Å². The van der Waals surface area contributed by atoms with Gasteiger partial charge in [0, 0.05) is 12.2 Å². The summed E-state index contributed by atoms with van der Waals surface area (Å²) in [6.07, 6.45) is 5.91. The average molecular weight is 417 g/mol. The quantitative estimate of drug-likeness (QED) is 0.712. The second kappa shape index (κ2) is 7.85. The van der Waals surface area contributed by atoms with Crippen molar-refractivity contribution in [3.8, 4) is 0 Å². The van der Waals surface area contributed by atoms with Crippen LogP contribution in [0.2, 0.25) is 0 Å². The number of nitrogens with two attached hydrogens (primary N) is 1. The number of fused-ring (bicyclic) bond motifs is 2. The Bertz CT molecular complexity index is 1070. The van der Waals surface area contributed by atoms with E-state index in [0.717, 1.165) is 55.3 Å². The number of hydrogen-bond donors (Lipinski definition) is 3. The number of amides is 2. The fourth-order valence-electron chi connectivity index (χ4n) is 4.36. The highest BCUT2D eigenvalue weighted by Gasteiger charge is 2.25. The molecular weight excluding hydrogens is 391 g/mol. The molecule has 0 aliphatic heterocycles. The molecule has 0 saturated carbocycles. The molecule has 0 heterocycles. The van der Waals surface area contributed by atoms with Crippen molar-refractivity contribution in [2.45, 2.75) is 50.0 Å². The Morgan fingerprint density at radius 2 is 1.79 bits per heavy atom. The van der Waals surface area contributed by atoms with Crippen LogP contribution in [0.1, 0.15) is 40.7 Å². The number of rotatable bonds is 4. The molecule has 6 nitrogen and oxygen atoms in total. The fraction of sp³-hybridized carbons (Fsp3) is 0.381.